The second-order valence-electron chi connectivity index (χ2n) is 4.77. The van der Waals surface area contributed by atoms with Gasteiger partial charge in [0.25, 0.3) is 0 Å². The van der Waals surface area contributed by atoms with Gasteiger partial charge >= 0.3 is 0 Å². The highest BCUT2D eigenvalue weighted by Gasteiger charge is 2.20. The fourth-order valence-electron chi connectivity index (χ4n) is 1.59. The molecule has 17 heavy (non-hydrogen) atoms. The Morgan fingerprint density at radius 1 is 1.29 bits per heavy atom. The highest BCUT2D eigenvalue weighted by molar-refractivity contribution is 5.81. The van der Waals surface area contributed by atoms with Crippen molar-refractivity contribution < 1.29 is 4.79 Å². The minimum absolute atomic E-state index is 0.0240. The molecule has 0 aliphatic carbocycles. The molecule has 0 aliphatic rings. The lowest BCUT2D eigenvalue weighted by atomic mass is 10.0. The van der Waals surface area contributed by atoms with Crippen LogP contribution < -0.4 is 5.73 Å². The van der Waals surface area contributed by atoms with E-state index in [-0.39, 0.29) is 11.8 Å². The van der Waals surface area contributed by atoms with Gasteiger partial charge in [-0.15, -0.1) is 0 Å². The van der Waals surface area contributed by atoms with Crippen LogP contribution in [0.15, 0.2) is 30.3 Å². The maximum Gasteiger partial charge on any atom is 0.239 e. The molecule has 0 spiro atoms. The lowest BCUT2D eigenvalue weighted by Gasteiger charge is -2.23. The number of likely N-dealkylation sites (N-methyl/N-ethyl adjacent to an activating group) is 1. The molecule has 0 aliphatic heterocycles. The first-order valence-corrected chi connectivity index (χ1v) is 6.07. The van der Waals surface area contributed by atoms with Crippen molar-refractivity contribution in [2.24, 2.45) is 11.7 Å². The Kier molecular flexibility index (Phi) is 5.16. The van der Waals surface area contributed by atoms with Crippen LogP contribution in [0.3, 0.4) is 0 Å². The molecule has 0 bridgehead atoms. The fourth-order valence-corrected chi connectivity index (χ4v) is 1.59. The third kappa shape index (κ3) is 4.19. The third-order valence-corrected chi connectivity index (χ3v) is 2.96. The molecule has 94 valence electrons. The quantitative estimate of drug-likeness (QED) is 0.842. The van der Waals surface area contributed by atoms with Crippen molar-refractivity contribution >= 4 is 5.91 Å². The summed E-state index contributed by atoms with van der Waals surface area (Å²) in [6.45, 7) is 4.64. The number of amides is 1. The van der Waals surface area contributed by atoms with Gasteiger partial charge in [-0.25, -0.2) is 0 Å². The molecule has 1 aromatic carbocycles. The van der Waals surface area contributed by atoms with Gasteiger partial charge in [0.1, 0.15) is 0 Å². The number of carbonyl (C=O) groups excluding carboxylic acids is 1. The van der Waals surface area contributed by atoms with Gasteiger partial charge in [0.05, 0.1) is 6.04 Å². The number of rotatable bonds is 5. The van der Waals surface area contributed by atoms with Crippen LogP contribution in [0.2, 0.25) is 0 Å². The van der Waals surface area contributed by atoms with Gasteiger partial charge in [0.2, 0.25) is 5.91 Å². The molecule has 2 N–H and O–H groups in total. The van der Waals surface area contributed by atoms with Crippen molar-refractivity contribution in [1.29, 1.82) is 0 Å². The van der Waals surface area contributed by atoms with E-state index in [1.54, 1.807) is 4.90 Å². The first-order chi connectivity index (χ1) is 8.02. The van der Waals surface area contributed by atoms with Crippen molar-refractivity contribution in [2.45, 2.75) is 26.3 Å². The van der Waals surface area contributed by atoms with E-state index in [1.807, 2.05) is 39.1 Å². The number of carbonyl (C=O) groups is 1. The summed E-state index contributed by atoms with van der Waals surface area (Å²) in [5.41, 5.74) is 7.08. The first kappa shape index (κ1) is 13.7. The Hall–Kier alpha value is -1.35. The lowest BCUT2D eigenvalue weighted by Crippen LogP contribution is -2.45. The predicted octanol–water partition coefficient (Wildman–Crippen LogP) is 1.67. The highest BCUT2D eigenvalue weighted by atomic mass is 16.2. The maximum atomic E-state index is 11.9. The largest absolute Gasteiger partial charge is 0.344 e. The topological polar surface area (TPSA) is 46.3 Å². The van der Waals surface area contributed by atoms with Crippen LogP contribution in [0.5, 0.6) is 0 Å². The summed E-state index contributed by atoms with van der Waals surface area (Å²) in [6.07, 6.45) is 0.869. The summed E-state index contributed by atoms with van der Waals surface area (Å²) in [6, 6.07) is 9.76. The first-order valence-electron chi connectivity index (χ1n) is 6.07. The third-order valence-electron chi connectivity index (χ3n) is 2.96. The molecule has 1 amide bonds. The van der Waals surface area contributed by atoms with E-state index >= 15 is 0 Å². The van der Waals surface area contributed by atoms with Gasteiger partial charge in [-0.05, 0) is 17.9 Å². The minimum atomic E-state index is -0.393. The number of hydrogen-bond donors (Lipinski definition) is 1. The van der Waals surface area contributed by atoms with E-state index in [0.717, 1.165) is 6.42 Å². The molecule has 3 nitrogen and oxygen atoms in total. The molecule has 1 rings (SSSR count). The molecular weight excluding hydrogens is 212 g/mol. The number of hydrogen-bond acceptors (Lipinski definition) is 2. The van der Waals surface area contributed by atoms with E-state index in [0.29, 0.717) is 6.54 Å². The highest BCUT2D eigenvalue weighted by Crippen LogP contribution is 2.04. The molecule has 0 radical (unpaired) electrons. The van der Waals surface area contributed by atoms with E-state index in [4.69, 9.17) is 5.73 Å². The molecule has 1 unspecified atom stereocenters. The summed E-state index contributed by atoms with van der Waals surface area (Å²) >= 11 is 0. The van der Waals surface area contributed by atoms with Gasteiger partial charge in [0, 0.05) is 13.6 Å². The predicted molar refractivity (Wildman–Crippen MR) is 70.6 cm³/mol. The molecule has 0 aromatic heterocycles. The second-order valence-corrected chi connectivity index (χ2v) is 4.77. The fraction of sp³-hybridized carbons (Fsp3) is 0.500. The number of nitrogens with two attached hydrogens (primary N) is 1. The van der Waals surface area contributed by atoms with Gasteiger partial charge in [-0.1, -0.05) is 44.2 Å². The Morgan fingerprint density at radius 2 is 1.88 bits per heavy atom. The summed E-state index contributed by atoms with van der Waals surface area (Å²) in [5, 5.41) is 0. The van der Waals surface area contributed by atoms with Crippen LogP contribution in [0.4, 0.5) is 0 Å². The van der Waals surface area contributed by atoms with Crippen LogP contribution >= 0.6 is 0 Å². The average Bonchev–Trinajstić information content (AvgIpc) is 2.35. The molecule has 0 saturated heterocycles. The van der Waals surface area contributed by atoms with Crippen molar-refractivity contribution in [1.82, 2.24) is 4.90 Å². The summed E-state index contributed by atoms with van der Waals surface area (Å²) in [7, 11) is 1.81. The minimum Gasteiger partial charge on any atom is -0.344 e. The van der Waals surface area contributed by atoms with Crippen LogP contribution in [-0.4, -0.2) is 30.4 Å². The Balaban J connectivity index is 2.45. The zero-order chi connectivity index (χ0) is 12.8. The van der Waals surface area contributed by atoms with E-state index in [9.17, 15) is 4.79 Å². The van der Waals surface area contributed by atoms with Crippen LogP contribution in [0.1, 0.15) is 19.4 Å². The van der Waals surface area contributed by atoms with Gasteiger partial charge in [0.15, 0.2) is 0 Å². The summed E-state index contributed by atoms with van der Waals surface area (Å²) in [4.78, 5) is 13.6. The van der Waals surface area contributed by atoms with E-state index in [2.05, 4.69) is 12.1 Å². The molecule has 3 heteroatoms. The summed E-state index contributed by atoms with van der Waals surface area (Å²) < 4.78 is 0. The zero-order valence-electron chi connectivity index (χ0n) is 10.9. The van der Waals surface area contributed by atoms with Gasteiger partial charge < -0.3 is 10.6 Å². The molecular formula is C14H22N2O. The lowest BCUT2D eigenvalue weighted by molar-refractivity contribution is -0.132. The normalized spacial score (nSPS) is 12.5. The molecule has 1 aromatic rings. The molecule has 0 heterocycles. The van der Waals surface area contributed by atoms with E-state index < -0.39 is 6.04 Å². The number of benzene rings is 1. The standard InChI is InChI=1S/C14H22N2O/c1-11(2)13(15)14(17)16(3)10-9-12-7-5-4-6-8-12/h4-8,11,13H,9-10,15H2,1-3H3. The van der Waals surface area contributed by atoms with Crippen molar-refractivity contribution in [3.8, 4) is 0 Å². The zero-order valence-corrected chi connectivity index (χ0v) is 10.9. The number of nitrogens with zero attached hydrogens (tertiary/aromatic N) is 1. The SMILES string of the molecule is CC(C)C(N)C(=O)N(C)CCc1ccccc1. The maximum absolute atomic E-state index is 11.9. The summed E-state index contributed by atoms with van der Waals surface area (Å²) in [5.74, 6) is 0.206. The monoisotopic (exact) mass is 234 g/mol. The van der Waals surface area contributed by atoms with Crippen molar-refractivity contribution in [3.63, 3.8) is 0 Å². The van der Waals surface area contributed by atoms with Gasteiger partial charge in [-0.2, -0.15) is 0 Å². The van der Waals surface area contributed by atoms with Crippen LogP contribution in [-0.2, 0) is 11.2 Å². The van der Waals surface area contributed by atoms with E-state index in [1.165, 1.54) is 5.56 Å². The second kappa shape index (κ2) is 6.40. The molecule has 0 fully saturated rings. The van der Waals surface area contributed by atoms with Crippen molar-refractivity contribution in [3.05, 3.63) is 35.9 Å². The average molecular weight is 234 g/mol. The molecule has 1 atom stereocenters. The van der Waals surface area contributed by atoms with Crippen LogP contribution in [0, 0.1) is 5.92 Å². The Bertz CT molecular complexity index is 348. The van der Waals surface area contributed by atoms with Crippen LogP contribution in [0.25, 0.3) is 0 Å². The molecule has 0 saturated carbocycles. The Labute approximate surface area is 104 Å². The van der Waals surface area contributed by atoms with Gasteiger partial charge in [-0.3, -0.25) is 4.79 Å². The smallest absolute Gasteiger partial charge is 0.239 e. The Morgan fingerprint density at radius 3 is 2.41 bits per heavy atom. The van der Waals surface area contributed by atoms with Crippen molar-refractivity contribution in [2.75, 3.05) is 13.6 Å².